The summed E-state index contributed by atoms with van der Waals surface area (Å²) in [5, 5.41) is 6.41. The van der Waals surface area contributed by atoms with Gasteiger partial charge in [0.2, 0.25) is 0 Å². The summed E-state index contributed by atoms with van der Waals surface area (Å²) in [6.45, 7) is 4.23. The Bertz CT molecular complexity index is 1270. The van der Waals surface area contributed by atoms with Gasteiger partial charge in [-0.3, -0.25) is 4.79 Å². The van der Waals surface area contributed by atoms with Crippen molar-refractivity contribution in [2.75, 3.05) is 31.3 Å². The number of benzene rings is 3. The van der Waals surface area contributed by atoms with Gasteiger partial charge in [0.1, 0.15) is 0 Å². The van der Waals surface area contributed by atoms with Gasteiger partial charge in [0, 0.05) is 17.8 Å². The van der Waals surface area contributed by atoms with Crippen LogP contribution >= 0.6 is 0 Å². The Morgan fingerprint density at radius 3 is 2.41 bits per heavy atom. The van der Waals surface area contributed by atoms with E-state index in [2.05, 4.69) is 53.8 Å². The lowest BCUT2D eigenvalue weighted by Gasteiger charge is -2.18. The van der Waals surface area contributed by atoms with Crippen molar-refractivity contribution in [1.29, 1.82) is 0 Å². The number of unbranched alkanes of at least 4 members (excludes halogenated alkanes) is 3. The summed E-state index contributed by atoms with van der Waals surface area (Å²) in [6, 6.07) is 23.3. The van der Waals surface area contributed by atoms with Crippen molar-refractivity contribution in [1.82, 2.24) is 4.90 Å². The van der Waals surface area contributed by atoms with Gasteiger partial charge in [0.05, 0.1) is 29.6 Å². The Labute approximate surface area is 219 Å². The Hall–Kier alpha value is -3.90. The third kappa shape index (κ3) is 6.46. The number of esters is 1. The van der Waals surface area contributed by atoms with E-state index in [0.717, 1.165) is 29.9 Å². The van der Waals surface area contributed by atoms with Crippen LogP contribution in [0.4, 0.5) is 11.4 Å². The molecule has 6 heteroatoms. The van der Waals surface area contributed by atoms with E-state index in [-0.39, 0.29) is 5.91 Å². The Morgan fingerprint density at radius 2 is 1.70 bits per heavy atom. The number of nitrogens with zero attached hydrogens (tertiary/aromatic N) is 1. The molecule has 0 aromatic heterocycles. The summed E-state index contributed by atoms with van der Waals surface area (Å²) < 4.78 is 4.83. The molecule has 1 aliphatic heterocycles. The molecule has 2 N–H and O–H groups in total. The van der Waals surface area contributed by atoms with E-state index in [0.29, 0.717) is 22.5 Å². The number of carbonyl (C=O) groups is 2. The van der Waals surface area contributed by atoms with Crippen LogP contribution in [0.1, 0.15) is 59.7 Å². The van der Waals surface area contributed by atoms with Gasteiger partial charge in [0.15, 0.2) is 0 Å². The number of ether oxygens (including phenoxy) is 1. The molecular formula is C31H35N3O3. The van der Waals surface area contributed by atoms with Gasteiger partial charge in [-0.25, -0.2) is 4.79 Å². The Balaban J connectivity index is 1.59. The molecule has 0 unspecified atom stereocenters. The summed E-state index contributed by atoms with van der Waals surface area (Å²) >= 11 is 0. The average molecular weight is 498 g/mol. The molecule has 0 aliphatic carbocycles. The molecule has 0 saturated carbocycles. The molecule has 0 bridgehead atoms. The minimum atomic E-state index is -0.442. The number of methoxy groups -OCH3 is 1. The molecule has 192 valence electrons. The molecule has 6 nitrogen and oxygen atoms in total. The monoisotopic (exact) mass is 497 g/mol. The minimum absolute atomic E-state index is 0.218. The smallest absolute Gasteiger partial charge is 0.337 e. The van der Waals surface area contributed by atoms with Crippen LogP contribution in [0.25, 0.3) is 11.3 Å². The summed E-state index contributed by atoms with van der Waals surface area (Å²) in [7, 11) is 3.51. The highest BCUT2D eigenvalue weighted by Crippen LogP contribution is 2.38. The first kappa shape index (κ1) is 26.2. The highest BCUT2D eigenvalue weighted by Gasteiger charge is 2.29. The fourth-order valence-corrected chi connectivity index (χ4v) is 4.59. The van der Waals surface area contributed by atoms with Crippen LogP contribution in [0.15, 0.2) is 72.8 Å². The maximum Gasteiger partial charge on any atom is 0.337 e. The molecule has 4 rings (SSSR count). The van der Waals surface area contributed by atoms with Crippen molar-refractivity contribution in [2.24, 2.45) is 0 Å². The van der Waals surface area contributed by atoms with Crippen LogP contribution in [-0.2, 0) is 16.1 Å². The van der Waals surface area contributed by atoms with Crippen LogP contribution in [0.2, 0.25) is 0 Å². The molecule has 1 heterocycles. The highest BCUT2D eigenvalue weighted by molar-refractivity contribution is 6.37. The zero-order valence-corrected chi connectivity index (χ0v) is 21.8. The molecule has 0 fully saturated rings. The normalized spacial score (nSPS) is 13.8. The molecule has 0 saturated heterocycles. The van der Waals surface area contributed by atoms with Gasteiger partial charge in [-0.05, 0) is 55.4 Å². The fourth-order valence-electron chi connectivity index (χ4n) is 4.59. The second-order valence-corrected chi connectivity index (χ2v) is 9.44. The van der Waals surface area contributed by atoms with Crippen LogP contribution < -0.4 is 10.6 Å². The summed E-state index contributed by atoms with van der Waals surface area (Å²) in [4.78, 5) is 27.5. The number of anilines is 2. The lowest BCUT2D eigenvalue weighted by Crippen LogP contribution is -2.19. The van der Waals surface area contributed by atoms with Crippen molar-refractivity contribution in [3.8, 4) is 0 Å². The topological polar surface area (TPSA) is 70.7 Å². The minimum Gasteiger partial charge on any atom is -0.465 e. The number of nitrogens with one attached hydrogen (secondary N) is 2. The first-order valence-corrected chi connectivity index (χ1v) is 12.9. The van der Waals surface area contributed by atoms with Crippen molar-refractivity contribution >= 4 is 34.5 Å². The first-order valence-electron chi connectivity index (χ1n) is 12.9. The van der Waals surface area contributed by atoms with Gasteiger partial charge in [0.25, 0.3) is 5.91 Å². The molecule has 3 aromatic carbocycles. The molecular weight excluding hydrogens is 462 g/mol. The molecule has 0 spiro atoms. The fraction of sp³-hybridized carbons (Fsp3) is 0.290. The molecule has 1 aliphatic rings. The predicted octanol–water partition coefficient (Wildman–Crippen LogP) is 6.42. The van der Waals surface area contributed by atoms with Gasteiger partial charge in [-0.2, -0.15) is 0 Å². The van der Waals surface area contributed by atoms with E-state index in [1.54, 1.807) is 18.2 Å². The zero-order chi connectivity index (χ0) is 26.2. The SMILES string of the molecule is CCCCCCN(C)Cc1ccc(NC(=C2C(=O)Nc3cc(C(=O)OC)ccc32)c2ccccc2)cc1. The standard InChI is InChI=1S/C31H35N3O3/c1-4-5-6-10-19-34(2)21-22-13-16-25(17-14-22)32-29(23-11-8-7-9-12-23)28-26-18-15-24(31(36)37-3)20-27(26)33-30(28)35/h7-9,11-18,20,32H,4-6,10,19,21H2,1-3H3,(H,33,35). The van der Waals surface area contributed by atoms with E-state index in [9.17, 15) is 9.59 Å². The number of hydrogen-bond donors (Lipinski definition) is 2. The van der Waals surface area contributed by atoms with Crippen molar-refractivity contribution in [3.63, 3.8) is 0 Å². The first-order chi connectivity index (χ1) is 18.0. The van der Waals surface area contributed by atoms with E-state index in [1.165, 1.54) is 38.4 Å². The van der Waals surface area contributed by atoms with E-state index < -0.39 is 5.97 Å². The van der Waals surface area contributed by atoms with E-state index in [4.69, 9.17) is 4.74 Å². The van der Waals surface area contributed by atoms with Gasteiger partial charge < -0.3 is 20.3 Å². The van der Waals surface area contributed by atoms with Crippen LogP contribution in [0, 0.1) is 0 Å². The van der Waals surface area contributed by atoms with Crippen LogP contribution in [0.5, 0.6) is 0 Å². The number of rotatable bonds is 11. The lowest BCUT2D eigenvalue weighted by atomic mass is 9.99. The van der Waals surface area contributed by atoms with E-state index in [1.807, 2.05) is 30.3 Å². The van der Waals surface area contributed by atoms with Crippen molar-refractivity contribution in [3.05, 3.63) is 95.1 Å². The predicted molar refractivity (Wildman–Crippen MR) is 150 cm³/mol. The van der Waals surface area contributed by atoms with Crippen molar-refractivity contribution < 1.29 is 14.3 Å². The highest BCUT2D eigenvalue weighted by atomic mass is 16.5. The van der Waals surface area contributed by atoms with Gasteiger partial charge in [-0.15, -0.1) is 0 Å². The maximum absolute atomic E-state index is 13.2. The summed E-state index contributed by atoms with van der Waals surface area (Å²) in [5.74, 6) is -0.660. The second kappa shape index (κ2) is 12.4. The molecule has 0 radical (unpaired) electrons. The summed E-state index contributed by atoms with van der Waals surface area (Å²) in [6.07, 6.45) is 5.05. The van der Waals surface area contributed by atoms with Gasteiger partial charge >= 0.3 is 5.97 Å². The molecule has 3 aromatic rings. The zero-order valence-electron chi connectivity index (χ0n) is 21.8. The quantitative estimate of drug-likeness (QED) is 0.182. The molecule has 1 amide bonds. The number of fused-ring (bicyclic) bond motifs is 1. The van der Waals surface area contributed by atoms with Crippen molar-refractivity contribution in [2.45, 2.75) is 39.2 Å². The second-order valence-electron chi connectivity index (χ2n) is 9.44. The van der Waals surface area contributed by atoms with Crippen LogP contribution in [0.3, 0.4) is 0 Å². The van der Waals surface area contributed by atoms with Crippen LogP contribution in [-0.4, -0.2) is 37.5 Å². The third-order valence-electron chi connectivity index (χ3n) is 6.57. The lowest BCUT2D eigenvalue weighted by molar-refractivity contribution is -0.110. The largest absolute Gasteiger partial charge is 0.465 e. The summed E-state index contributed by atoms with van der Waals surface area (Å²) in [5.41, 5.74) is 6.01. The third-order valence-corrected chi connectivity index (χ3v) is 6.57. The van der Waals surface area contributed by atoms with E-state index >= 15 is 0 Å². The number of amides is 1. The molecule has 37 heavy (non-hydrogen) atoms. The number of hydrogen-bond acceptors (Lipinski definition) is 5. The molecule has 0 atom stereocenters. The Kier molecular flexibility index (Phi) is 8.75. The van der Waals surface area contributed by atoms with Gasteiger partial charge in [-0.1, -0.05) is 74.7 Å². The average Bonchev–Trinajstić information content (AvgIpc) is 3.25. The number of carbonyl (C=O) groups excluding carboxylic acids is 2. The maximum atomic E-state index is 13.2. The Morgan fingerprint density at radius 1 is 0.946 bits per heavy atom.